The van der Waals surface area contributed by atoms with E-state index in [-0.39, 0.29) is 6.42 Å². The van der Waals surface area contributed by atoms with Crippen molar-refractivity contribution in [1.82, 2.24) is 4.98 Å². The van der Waals surface area contributed by atoms with E-state index in [1.807, 2.05) is 0 Å². The lowest BCUT2D eigenvalue weighted by molar-refractivity contribution is -0.136. The third-order valence-electron chi connectivity index (χ3n) is 6.69. The normalized spacial score (nSPS) is 11.1. The second-order valence-electron chi connectivity index (χ2n) is 10.4. The van der Waals surface area contributed by atoms with Gasteiger partial charge in [0.2, 0.25) is 0 Å². The number of hydrogen-bond acceptors (Lipinski definition) is 4. The van der Waals surface area contributed by atoms with Crippen LogP contribution in [0.4, 0.5) is 5.13 Å². The lowest BCUT2D eigenvalue weighted by atomic mass is 10.0. The number of aryl methyl sites for hydroxylation is 3. The number of carboxylic acids is 1. The Hall–Kier alpha value is -3.44. The van der Waals surface area contributed by atoms with Gasteiger partial charge in [-0.05, 0) is 65.8 Å². The first-order valence-electron chi connectivity index (χ1n) is 13.6. The molecule has 3 aromatic carbocycles. The van der Waals surface area contributed by atoms with E-state index >= 15 is 0 Å². The maximum Gasteiger partial charge on any atom is 0.303 e. The number of rotatable bonds is 14. The Morgan fingerprint density at radius 3 is 1.92 bits per heavy atom. The third kappa shape index (κ3) is 8.84. The van der Waals surface area contributed by atoms with Gasteiger partial charge in [-0.15, -0.1) is 11.3 Å². The summed E-state index contributed by atoms with van der Waals surface area (Å²) in [5.41, 5.74) is 7.52. The quantitative estimate of drug-likeness (QED) is 0.186. The van der Waals surface area contributed by atoms with Crippen molar-refractivity contribution in [2.75, 3.05) is 11.4 Å². The number of thiazole rings is 1. The molecule has 0 saturated carbocycles. The first-order valence-corrected chi connectivity index (χ1v) is 14.4. The summed E-state index contributed by atoms with van der Waals surface area (Å²) in [6.07, 6.45) is 4.73. The predicted molar refractivity (Wildman–Crippen MR) is 158 cm³/mol. The molecule has 1 N–H and O–H groups in total. The van der Waals surface area contributed by atoms with Gasteiger partial charge in [0.05, 0.1) is 5.69 Å². The van der Waals surface area contributed by atoms with Crippen LogP contribution in [0.15, 0.2) is 84.2 Å². The molecule has 0 fully saturated rings. The number of aliphatic carboxylic acids is 1. The van der Waals surface area contributed by atoms with Crippen LogP contribution < -0.4 is 4.90 Å². The molecular weight excluding hydrogens is 488 g/mol. The van der Waals surface area contributed by atoms with Gasteiger partial charge in [-0.25, -0.2) is 4.98 Å². The number of carbonyl (C=O) groups is 1. The molecule has 0 aliphatic carbocycles. The van der Waals surface area contributed by atoms with Crippen LogP contribution in [0.2, 0.25) is 0 Å². The molecule has 0 spiro atoms. The van der Waals surface area contributed by atoms with Gasteiger partial charge in [-0.1, -0.05) is 92.7 Å². The van der Waals surface area contributed by atoms with Gasteiger partial charge in [-0.2, -0.15) is 0 Å². The number of carboxylic acid groups (broad SMARTS) is 1. The molecule has 38 heavy (non-hydrogen) atoms. The van der Waals surface area contributed by atoms with Crippen molar-refractivity contribution in [1.29, 1.82) is 0 Å². The van der Waals surface area contributed by atoms with E-state index in [1.54, 1.807) is 11.3 Å². The van der Waals surface area contributed by atoms with Crippen LogP contribution in [0.25, 0.3) is 0 Å². The highest BCUT2D eigenvalue weighted by Crippen LogP contribution is 2.25. The van der Waals surface area contributed by atoms with Crippen molar-refractivity contribution in [2.24, 2.45) is 5.92 Å². The summed E-state index contributed by atoms with van der Waals surface area (Å²) in [5, 5.41) is 12.2. The Labute approximate surface area is 231 Å². The molecule has 4 aromatic rings. The summed E-state index contributed by atoms with van der Waals surface area (Å²) in [4.78, 5) is 18.2. The van der Waals surface area contributed by atoms with Crippen molar-refractivity contribution >= 4 is 22.4 Å². The average molecular weight is 527 g/mol. The lowest BCUT2D eigenvalue weighted by Crippen LogP contribution is -2.25. The molecule has 0 aliphatic heterocycles. The van der Waals surface area contributed by atoms with E-state index < -0.39 is 5.97 Å². The highest BCUT2D eigenvalue weighted by atomic mass is 32.1. The molecule has 0 amide bonds. The number of benzene rings is 3. The van der Waals surface area contributed by atoms with E-state index in [9.17, 15) is 4.79 Å². The number of hydrogen-bond donors (Lipinski definition) is 1. The van der Waals surface area contributed by atoms with Gasteiger partial charge in [0, 0.05) is 24.9 Å². The van der Waals surface area contributed by atoms with E-state index in [0.717, 1.165) is 49.5 Å². The minimum Gasteiger partial charge on any atom is -0.481 e. The van der Waals surface area contributed by atoms with Gasteiger partial charge in [-0.3, -0.25) is 4.79 Å². The minimum absolute atomic E-state index is 0.178. The maximum atomic E-state index is 10.8. The van der Waals surface area contributed by atoms with E-state index in [4.69, 9.17) is 10.1 Å². The Balaban J connectivity index is 1.36. The molecule has 0 saturated heterocycles. The van der Waals surface area contributed by atoms with Crippen LogP contribution >= 0.6 is 11.3 Å². The first-order chi connectivity index (χ1) is 18.4. The topological polar surface area (TPSA) is 53.4 Å². The van der Waals surface area contributed by atoms with Crippen molar-refractivity contribution in [3.05, 3.63) is 118 Å². The molecule has 0 radical (unpaired) electrons. The van der Waals surface area contributed by atoms with Gasteiger partial charge >= 0.3 is 5.97 Å². The second-order valence-corrected chi connectivity index (χ2v) is 11.2. The second kappa shape index (κ2) is 13.9. The van der Waals surface area contributed by atoms with E-state index in [1.165, 1.54) is 27.9 Å². The number of anilines is 1. The maximum absolute atomic E-state index is 10.8. The first kappa shape index (κ1) is 27.6. The Bertz CT molecular complexity index is 1260. The Morgan fingerprint density at radius 1 is 0.789 bits per heavy atom. The number of nitrogens with zero attached hydrogens (tertiary/aromatic N) is 2. The summed E-state index contributed by atoms with van der Waals surface area (Å²) in [6, 6.07) is 28.0. The zero-order valence-electron chi connectivity index (χ0n) is 22.5. The van der Waals surface area contributed by atoms with Crippen LogP contribution in [0, 0.1) is 5.92 Å². The standard InChI is InChI=1S/C33H38N2O2S/c1-25(2)22-31-24-38-33(34-31)35(21-20-26-6-4-3-5-7-26)23-30-16-14-28(15-17-30)9-8-27-10-12-29(13-11-27)18-19-32(36)37/h3-7,10-17,24-25H,8-9,18-23H2,1-2H3,(H,36,37). The number of aromatic nitrogens is 1. The zero-order chi connectivity index (χ0) is 26.7. The third-order valence-corrected chi connectivity index (χ3v) is 7.64. The molecule has 198 valence electrons. The van der Waals surface area contributed by atoms with E-state index in [2.05, 4.69) is 103 Å². The fourth-order valence-electron chi connectivity index (χ4n) is 4.55. The van der Waals surface area contributed by atoms with E-state index in [0.29, 0.717) is 12.3 Å². The van der Waals surface area contributed by atoms with Crippen LogP contribution in [-0.2, 0) is 43.4 Å². The minimum atomic E-state index is -0.751. The van der Waals surface area contributed by atoms with Crippen molar-refractivity contribution in [2.45, 2.75) is 58.9 Å². The highest BCUT2D eigenvalue weighted by molar-refractivity contribution is 7.13. The molecular formula is C33H38N2O2S. The lowest BCUT2D eigenvalue weighted by Gasteiger charge is -2.22. The summed E-state index contributed by atoms with van der Waals surface area (Å²) >= 11 is 1.75. The van der Waals surface area contributed by atoms with Gasteiger partial charge in [0.1, 0.15) is 0 Å². The smallest absolute Gasteiger partial charge is 0.303 e. The monoisotopic (exact) mass is 526 g/mol. The van der Waals surface area contributed by atoms with Crippen molar-refractivity contribution in [3.8, 4) is 0 Å². The summed E-state index contributed by atoms with van der Waals surface area (Å²) in [7, 11) is 0. The molecule has 0 aliphatic rings. The highest BCUT2D eigenvalue weighted by Gasteiger charge is 2.13. The summed E-state index contributed by atoms with van der Waals surface area (Å²) < 4.78 is 0. The van der Waals surface area contributed by atoms with Crippen molar-refractivity contribution in [3.63, 3.8) is 0 Å². The molecule has 1 aromatic heterocycles. The average Bonchev–Trinajstić information content (AvgIpc) is 3.38. The molecule has 4 rings (SSSR count). The van der Waals surface area contributed by atoms with Crippen LogP contribution in [-0.4, -0.2) is 22.6 Å². The Morgan fingerprint density at radius 2 is 1.34 bits per heavy atom. The molecule has 0 unspecified atom stereocenters. The predicted octanol–water partition coefficient (Wildman–Crippen LogP) is 7.39. The SMILES string of the molecule is CC(C)Cc1csc(N(CCc2ccccc2)Cc2ccc(CCc3ccc(CCC(=O)O)cc3)cc2)n1. The molecule has 5 heteroatoms. The van der Waals surface area contributed by atoms with Gasteiger partial charge in [0.15, 0.2) is 5.13 Å². The fourth-order valence-corrected chi connectivity index (χ4v) is 5.41. The van der Waals surface area contributed by atoms with Crippen LogP contribution in [0.3, 0.4) is 0 Å². The summed E-state index contributed by atoms with van der Waals surface area (Å²) in [6.45, 7) is 6.26. The van der Waals surface area contributed by atoms with Gasteiger partial charge in [0.25, 0.3) is 0 Å². The van der Waals surface area contributed by atoms with Gasteiger partial charge < -0.3 is 10.0 Å². The Kier molecular flexibility index (Phi) is 10.1. The van der Waals surface area contributed by atoms with Crippen LogP contribution in [0.5, 0.6) is 0 Å². The largest absolute Gasteiger partial charge is 0.481 e. The summed E-state index contributed by atoms with van der Waals surface area (Å²) in [5.74, 6) is -0.149. The molecule has 0 atom stereocenters. The molecule has 4 nitrogen and oxygen atoms in total. The zero-order valence-corrected chi connectivity index (χ0v) is 23.3. The molecule has 0 bridgehead atoms. The molecule has 1 heterocycles. The fraction of sp³-hybridized carbons (Fsp3) is 0.333. The van der Waals surface area contributed by atoms with Crippen LogP contribution in [0.1, 0.15) is 53.8 Å². The van der Waals surface area contributed by atoms with Crippen molar-refractivity contribution < 1.29 is 9.90 Å².